The average Bonchev–Trinajstić information content (AvgIpc) is 3.64. The van der Waals surface area contributed by atoms with Crippen molar-refractivity contribution in [1.29, 1.82) is 0 Å². The van der Waals surface area contributed by atoms with E-state index in [1.54, 1.807) is 24.3 Å². The molecule has 2 unspecified atom stereocenters. The van der Waals surface area contributed by atoms with Crippen molar-refractivity contribution in [2.24, 2.45) is 5.92 Å². The second kappa shape index (κ2) is 8.96. The van der Waals surface area contributed by atoms with Gasteiger partial charge in [-0.25, -0.2) is 0 Å². The van der Waals surface area contributed by atoms with Crippen LogP contribution in [0.3, 0.4) is 0 Å². The summed E-state index contributed by atoms with van der Waals surface area (Å²) >= 11 is 0. The van der Waals surface area contributed by atoms with E-state index in [4.69, 9.17) is 28.4 Å². The molecule has 0 radical (unpaired) electrons. The van der Waals surface area contributed by atoms with Crippen molar-refractivity contribution >= 4 is 0 Å². The summed E-state index contributed by atoms with van der Waals surface area (Å²) in [6.07, 6.45) is -0.107. The van der Waals surface area contributed by atoms with Gasteiger partial charge in [-0.3, -0.25) is 0 Å². The lowest BCUT2D eigenvalue weighted by Gasteiger charge is -2.37. The number of aliphatic hydroxyl groups excluding tert-OH is 1. The number of aromatic hydroxyl groups is 1. The standard InChI is InChI=1S/C27H26O8/c28-21-4-2-1-3-17(21)11-20(13-22(29)18-5-7-23-25(12-18)32-15-30-23)27(34-9-10-35-27)19-6-8-24-26(14-19)33-16-31-24/h1-8,12,14,20,22,28-29H,9-11,13,15-16H2. The topological polar surface area (TPSA) is 95.8 Å². The van der Waals surface area contributed by atoms with Gasteiger partial charge in [0.25, 0.3) is 0 Å². The molecule has 8 heteroatoms. The van der Waals surface area contributed by atoms with Crippen LogP contribution >= 0.6 is 0 Å². The van der Waals surface area contributed by atoms with Crippen LogP contribution in [0.1, 0.15) is 29.2 Å². The van der Waals surface area contributed by atoms with Gasteiger partial charge in [-0.05, 0) is 60.4 Å². The van der Waals surface area contributed by atoms with E-state index in [2.05, 4.69) is 0 Å². The first-order valence-corrected chi connectivity index (χ1v) is 11.6. The molecule has 0 aliphatic carbocycles. The Morgan fingerprint density at radius 2 is 1.43 bits per heavy atom. The molecule has 3 aromatic rings. The Morgan fingerprint density at radius 3 is 2.17 bits per heavy atom. The first kappa shape index (κ1) is 22.0. The monoisotopic (exact) mass is 478 g/mol. The number of para-hydroxylation sites is 1. The SMILES string of the molecule is Oc1ccccc1CC(CC(O)c1ccc2c(c1)OCO2)C1(c2ccc3c(c2)OCO3)OCCO1. The molecule has 6 rings (SSSR count). The second-order valence-corrected chi connectivity index (χ2v) is 8.83. The lowest BCUT2D eigenvalue weighted by molar-refractivity contribution is -0.211. The Kier molecular flexibility index (Phi) is 5.64. The van der Waals surface area contributed by atoms with Crippen LogP contribution in [0.4, 0.5) is 0 Å². The maximum absolute atomic E-state index is 11.3. The largest absolute Gasteiger partial charge is 0.508 e. The number of hydrogen-bond acceptors (Lipinski definition) is 8. The average molecular weight is 478 g/mol. The summed E-state index contributed by atoms with van der Waals surface area (Å²) in [5, 5.41) is 21.9. The van der Waals surface area contributed by atoms with Crippen molar-refractivity contribution < 1.29 is 38.6 Å². The highest BCUT2D eigenvalue weighted by molar-refractivity contribution is 5.47. The van der Waals surface area contributed by atoms with Crippen molar-refractivity contribution in [2.45, 2.75) is 24.7 Å². The third kappa shape index (κ3) is 4.03. The number of fused-ring (bicyclic) bond motifs is 2. The van der Waals surface area contributed by atoms with Crippen LogP contribution < -0.4 is 18.9 Å². The van der Waals surface area contributed by atoms with Crippen molar-refractivity contribution in [2.75, 3.05) is 26.8 Å². The van der Waals surface area contributed by atoms with Crippen LogP contribution in [0.25, 0.3) is 0 Å². The van der Waals surface area contributed by atoms with E-state index in [0.29, 0.717) is 54.6 Å². The van der Waals surface area contributed by atoms with Gasteiger partial charge in [0.1, 0.15) is 5.75 Å². The van der Waals surface area contributed by atoms with Crippen LogP contribution in [0.5, 0.6) is 28.7 Å². The summed E-state index contributed by atoms with van der Waals surface area (Å²) in [7, 11) is 0. The molecular weight excluding hydrogens is 452 g/mol. The minimum absolute atomic E-state index is 0.164. The summed E-state index contributed by atoms with van der Waals surface area (Å²) in [4.78, 5) is 0. The molecular formula is C27H26O8. The van der Waals surface area contributed by atoms with E-state index >= 15 is 0 Å². The fourth-order valence-electron chi connectivity index (χ4n) is 5.03. The summed E-state index contributed by atoms with van der Waals surface area (Å²) in [5.41, 5.74) is 2.22. The van der Waals surface area contributed by atoms with Crippen LogP contribution in [-0.2, 0) is 21.7 Å². The molecule has 1 saturated heterocycles. The predicted molar refractivity (Wildman–Crippen MR) is 124 cm³/mol. The van der Waals surface area contributed by atoms with Gasteiger partial charge >= 0.3 is 0 Å². The van der Waals surface area contributed by atoms with Crippen molar-refractivity contribution in [3.63, 3.8) is 0 Å². The number of hydrogen-bond donors (Lipinski definition) is 2. The zero-order valence-electron chi connectivity index (χ0n) is 19.0. The lowest BCUT2D eigenvalue weighted by atomic mass is 9.81. The fraction of sp³-hybridized carbons (Fsp3) is 0.333. The molecule has 3 aliphatic heterocycles. The van der Waals surface area contributed by atoms with Crippen LogP contribution in [-0.4, -0.2) is 37.0 Å². The van der Waals surface area contributed by atoms with Gasteiger partial charge < -0.3 is 38.6 Å². The summed E-state index contributed by atoms with van der Waals surface area (Å²) < 4.78 is 34.6. The number of ether oxygens (including phenoxy) is 6. The molecule has 0 spiro atoms. The van der Waals surface area contributed by atoms with E-state index in [0.717, 1.165) is 11.1 Å². The number of aliphatic hydroxyl groups is 1. The molecule has 182 valence electrons. The molecule has 3 heterocycles. The van der Waals surface area contributed by atoms with Gasteiger partial charge in [0, 0.05) is 11.5 Å². The molecule has 2 atom stereocenters. The number of benzene rings is 3. The van der Waals surface area contributed by atoms with E-state index in [9.17, 15) is 10.2 Å². The maximum Gasteiger partial charge on any atom is 0.231 e. The van der Waals surface area contributed by atoms with Crippen molar-refractivity contribution in [3.8, 4) is 28.7 Å². The second-order valence-electron chi connectivity index (χ2n) is 8.83. The Bertz CT molecular complexity index is 1220. The maximum atomic E-state index is 11.3. The first-order chi connectivity index (χ1) is 17.1. The number of rotatable bonds is 7. The van der Waals surface area contributed by atoms with Gasteiger partial charge in [0.05, 0.1) is 19.3 Å². The molecule has 0 aromatic heterocycles. The molecule has 3 aromatic carbocycles. The third-order valence-corrected chi connectivity index (χ3v) is 6.78. The zero-order chi connectivity index (χ0) is 23.8. The Balaban J connectivity index is 1.37. The van der Waals surface area contributed by atoms with Gasteiger partial charge in [-0.1, -0.05) is 24.3 Å². The summed E-state index contributed by atoms with van der Waals surface area (Å²) in [5.74, 6) is 1.26. The van der Waals surface area contributed by atoms with Gasteiger partial charge in [-0.15, -0.1) is 0 Å². The Labute approximate surface area is 202 Å². The van der Waals surface area contributed by atoms with Crippen LogP contribution in [0.2, 0.25) is 0 Å². The molecule has 3 aliphatic rings. The smallest absolute Gasteiger partial charge is 0.231 e. The predicted octanol–water partition coefficient (Wildman–Crippen LogP) is 4.03. The van der Waals surface area contributed by atoms with Crippen LogP contribution in [0.15, 0.2) is 60.7 Å². The van der Waals surface area contributed by atoms with Gasteiger partial charge in [-0.2, -0.15) is 0 Å². The molecule has 0 amide bonds. The highest BCUT2D eigenvalue weighted by Gasteiger charge is 2.47. The Hall–Kier alpha value is -3.46. The zero-order valence-corrected chi connectivity index (χ0v) is 19.0. The number of phenolic OH excluding ortho intramolecular Hbond substituents is 1. The van der Waals surface area contributed by atoms with E-state index in [1.165, 1.54) is 0 Å². The highest BCUT2D eigenvalue weighted by atomic mass is 16.7. The van der Waals surface area contributed by atoms with E-state index < -0.39 is 11.9 Å². The highest BCUT2D eigenvalue weighted by Crippen LogP contribution is 2.47. The molecule has 1 fully saturated rings. The van der Waals surface area contributed by atoms with E-state index in [-0.39, 0.29) is 25.3 Å². The molecule has 0 saturated carbocycles. The number of phenols is 1. The lowest BCUT2D eigenvalue weighted by Crippen LogP contribution is -2.39. The normalized spacial score (nSPS) is 19.0. The molecule has 2 N–H and O–H groups in total. The van der Waals surface area contributed by atoms with Gasteiger partial charge in [0.2, 0.25) is 13.6 Å². The quantitative estimate of drug-likeness (QED) is 0.526. The van der Waals surface area contributed by atoms with Crippen LogP contribution in [0, 0.1) is 5.92 Å². The molecule has 35 heavy (non-hydrogen) atoms. The minimum atomic E-state index is -1.14. The van der Waals surface area contributed by atoms with Gasteiger partial charge in [0.15, 0.2) is 28.8 Å². The van der Waals surface area contributed by atoms with Crippen molar-refractivity contribution in [3.05, 3.63) is 77.4 Å². The minimum Gasteiger partial charge on any atom is -0.508 e. The molecule has 8 nitrogen and oxygen atoms in total. The molecule has 0 bridgehead atoms. The fourth-order valence-corrected chi connectivity index (χ4v) is 5.03. The summed E-state index contributed by atoms with van der Waals surface area (Å²) in [6.45, 7) is 1.15. The Morgan fingerprint density at radius 1 is 0.771 bits per heavy atom. The third-order valence-electron chi connectivity index (χ3n) is 6.78. The van der Waals surface area contributed by atoms with E-state index in [1.807, 2.05) is 36.4 Å². The van der Waals surface area contributed by atoms with Crippen molar-refractivity contribution in [1.82, 2.24) is 0 Å². The summed E-state index contributed by atoms with van der Waals surface area (Å²) in [6, 6.07) is 18.2. The first-order valence-electron chi connectivity index (χ1n) is 11.6.